The number of carbonyl (C=O) groups is 1. The van der Waals surface area contributed by atoms with Crippen LogP contribution in [0.1, 0.15) is 32.8 Å². The number of amides is 1. The van der Waals surface area contributed by atoms with Crippen LogP contribution < -0.4 is 0 Å². The van der Waals surface area contributed by atoms with Crippen LogP contribution in [0.15, 0.2) is 30.3 Å². The Morgan fingerprint density at radius 2 is 2.09 bits per heavy atom. The third-order valence-corrected chi connectivity index (χ3v) is 4.65. The van der Waals surface area contributed by atoms with Crippen molar-refractivity contribution in [2.45, 2.75) is 50.9 Å². The Morgan fingerprint density at radius 1 is 1.39 bits per heavy atom. The van der Waals surface area contributed by atoms with Crippen LogP contribution in [0.4, 0.5) is 4.79 Å². The van der Waals surface area contributed by atoms with E-state index in [1.165, 1.54) is 5.56 Å². The van der Waals surface area contributed by atoms with E-state index in [2.05, 4.69) is 23.1 Å². The second-order valence-electron chi connectivity index (χ2n) is 7.35. The zero-order chi connectivity index (χ0) is 16.7. The van der Waals surface area contributed by atoms with Crippen LogP contribution in [-0.4, -0.2) is 46.2 Å². The number of nitrogens with zero attached hydrogens (tertiary/aromatic N) is 3. The highest BCUT2D eigenvalue weighted by Crippen LogP contribution is 2.43. The van der Waals surface area contributed by atoms with Gasteiger partial charge in [0.05, 0.1) is 12.1 Å². The molecule has 23 heavy (non-hydrogen) atoms. The average molecular weight is 313 g/mol. The highest BCUT2D eigenvalue weighted by atomic mass is 16.6. The van der Waals surface area contributed by atoms with E-state index in [0.717, 1.165) is 13.1 Å². The summed E-state index contributed by atoms with van der Waals surface area (Å²) in [6, 6.07) is 12.7. The van der Waals surface area contributed by atoms with Crippen LogP contribution in [0.2, 0.25) is 0 Å². The Bertz CT molecular complexity index is 632. The van der Waals surface area contributed by atoms with Crippen molar-refractivity contribution in [1.82, 2.24) is 9.80 Å². The molecule has 0 bridgehead atoms. The molecule has 3 rings (SSSR count). The minimum Gasteiger partial charge on any atom is -0.444 e. The van der Waals surface area contributed by atoms with E-state index in [9.17, 15) is 10.1 Å². The first-order chi connectivity index (χ1) is 10.9. The topological polar surface area (TPSA) is 56.6 Å². The average Bonchev–Trinajstić information content (AvgIpc) is 2.70. The number of likely N-dealkylation sites (tertiary alicyclic amines) is 2. The molecule has 0 N–H and O–H groups in total. The van der Waals surface area contributed by atoms with E-state index >= 15 is 0 Å². The Balaban J connectivity index is 1.71. The molecule has 5 nitrogen and oxygen atoms in total. The SMILES string of the molecule is CC(C)(C)OC(=O)N1C[C@H]2N(Cc3ccccc3)CC[C@]21C#N. The van der Waals surface area contributed by atoms with Gasteiger partial charge < -0.3 is 4.74 Å². The predicted octanol–water partition coefficient (Wildman–Crippen LogP) is 2.77. The van der Waals surface area contributed by atoms with E-state index in [0.29, 0.717) is 13.0 Å². The van der Waals surface area contributed by atoms with Crippen molar-refractivity contribution in [3.63, 3.8) is 0 Å². The largest absolute Gasteiger partial charge is 0.444 e. The molecular formula is C18H23N3O2. The van der Waals surface area contributed by atoms with Crippen molar-refractivity contribution in [2.75, 3.05) is 13.1 Å². The molecular weight excluding hydrogens is 290 g/mol. The maximum absolute atomic E-state index is 12.3. The second-order valence-corrected chi connectivity index (χ2v) is 7.35. The van der Waals surface area contributed by atoms with Gasteiger partial charge in [-0.2, -0.15) is 5.26 Å². The fraction of sp³-hybridized carbons (Fsp3) is 0.556. The maximum Gasteiger partial charge on any atom is 0.411 e. The molecule has 122 valence electrons. The molecule has 0 spiro atoms. The van der Waals surface area contributed by atoms with E-state index < -0.39 is 11.1 Å². The summed E-state index contributed by atoms with van der Waals surface area (Å²) >= 11 is 0. The number of hydrogen-bond acceptors (Lipinski definition) is 4. The van der Waals surface area contributed by atoms with Gasteiger partial charge in [-0.05, 0) is 32.8 Å². The van der Waals surface area contributed by atoms with Crippen LogP contribution in [-0.2, 0) is 11.3 Å². The molecule has 0 radical (unpaired) electrons. The number of nitriles is 1. The van der Waals surface area contributed by atoms with E-state index in [-0.39, 0.29) is 12.1 Å². The molecule has 2 atom stereocenters. The first-order valence-electron chi connectivity index (χ1n) is 8.05. The molecule has 0 saturated carbocycles. The fourth-order valence-corrected chi connectivity index (χ4v) is 3.50. The van der Waals surface area contributed by atoms with E-state index in [1.54, 1.807) is 4.90 Å². The minimum atomic E-state index is -0.725. The monoisotopic (exact) mass is 313 g/mol. The minimum absolute atomic E-state index is 0.0974. The van der Waals surface area contributed by atoms with Crippen LogP contribution in [0.3, 0.4) is 0 Å². The molecule has 2 aliphatic heterocycles. The lowest BCUT2D eigenvalue weighted by atomic mass is 9.81. The normalized spacial score (nSPS) is 27.0. The third-order valence-electron chi connectivity index (χ3n) is 4.65. The Hall–Kier alpha value is -2.06. The molecule has 2 fully saturated rings. The molecule has 2 heterocycles. The number of benzene rings is 1. The summed E-state index contributed by atoms with van der Waals surface area (Å²) < 4.78 is 5.45. The van der Waals surface area contributed by atoms with Crippen LogP contribution in [0, 0.1) is 11.3 Å². The summed E-state index contributed by atoms with van der Waals surface area (Å²) in [5.41, 5.74) is -0.0323. The van der Waals surface area contributed by atoms with Gasteiger partial charge in [-0.1, -0.05) is 30.3 Å². The lowest BCUT2D eigenvalue weighted by molar-refractivity contribution is -0.0498. The van der Waals surface area contributed by atoms with Gasteiger partial charge in [0, 0.05) is 19.6 Å². The van der Waals surface area contributed by atoms with Gasteiger partial charge in [0.15, 0.2) is 5.54 Å². The Labute approximate surface area is 137 Å². The van der Waals surface area contributed by atoms with Crippen LogP contribution >= 0.6 is 0 Å². The lowest BCUT2D eigenvalue weighted by Crippen LogP contribution is -2.72. The molecule has 1 aromatic carbocycles. The summed E-state index contributed by atoms with van der Waals surface area (Å²) in [4.78, 5) is 16.3. The number of carbonyl (C=O) groups excluding carboxylic acids is 1. The fourth-order valence-electron chi connectivity index (χ4n) is 3.50. The summed E-state index contributed by atoms with van der Waals surface area (Å²) in [5.74, 6) is 0. The van der Waals surface area contributed by atoms with Crippen molar-refractivity contribution in [2.24, 2.45) is 0 Å². The first-order valence-corrected chi connectivity index (χ1v) is 8.05. The molecule has 2 saturated heterocycles. The lowest BCUT2D eigenvalue weighted by Gasteiger charge is -2.52. The molecule has 0 aromatic heterocycles. The summed E-state index contributed by atoms with van der Waals surface area (Å²) in [6.07, 6.45) is 0.303. The standard InChI is InChI=1S/C18H23N3O2/c1-17(2,3)23-16(22)21-12-15-18(21,13-19)9-10-20(15)11-14-7-5-4-6-8-14/h4-8,15H,9-12H2,1-3H3/t15-,18+/m1/s1. The molecule has 2 aliphatic rings. The summed E-state index contributed by atoms with van der Waals surface area (Å²) in [7, 11) is 0. The van der Waals surface area contributed by atoms with Gasteiger partial charge in [-0.25, -0.2) is 4.79 Å². The van der Waals surface area contributed by atoms with E-state index in [4.69, 9.17) is 4.74 Å². The van der Waals surface area contributed by atoms with Crippen molar-refractivity contribution < 1.29 is 9.53 Å². The van der Waals surface area contributed by atoms with Gasteiger partial charge in [-0.3, -0.25) is 9.80 Å². The zero-order valence-corrected chi connectivity index (χ0v) is 14.0. The van der Waals surface area contributed by atoms with Crippen LogP contribution in [0.25, 0.3) is 0 Å². The van der Waals surface area contributed by atoms with Crippen molar-refractivity contribution in [3.8, 4) is 6.07 Å². The van der Waals surface area contributed by atoms with Gasteiger partial charge in [-0.15, -0.1) is 0 Å². The number of fused-ring (bicyclic) bond motifs is 1. The summed E-state index contributed by atoms with van der Waals surface area (Å²) in [6.45, 7) is 7.74. The zero-order valence-electron chi connectivity index (χ0n) is 14.0. The van der Waals surface area contributed by atoms with E-state index in [1.807, 2.05) is 39.0 Å². The second kappa shape index (κ2) is 5.54. The quantitative estimate of drug-likeness (QED) is 0.842. The third kappa shape index (κ3) is 2.79. The highest BCUT2D eigenvalue weighted by Gasteiger charge is 2.62. The maximum atomic E-state index is 12.3. The first kappa shape index (κ1) is 15.8. The molecule has 1 amide bonds. The molecule has 5 heteroatoms. The van der Waals surface area contributed by atoms with Crippen LogP contribution in [0.5, 0.6) is 0 Å². The Morgan fingerprint density at radius 3 is 2.70 bits per heavy atom. The predicted molar refractivity (Wildman–Crippen MR) is 86.5 cm³/mol. The van der Waals surface area contributed by atoms with Crippen molar-refractivity contribution in [3.05, 3.63) is 35.9 Å². The smallest absolute Gasteiger partial charge is 0.411 e. The van der Waals surface area contributed by atoms with Gasteiger partial charge >= 0.3 is 6.09 Å². The highest BCUT2D eigenvalue weighted by molar-refractivity contribution is 5.72. The molecule has 0 aliphatic carbocycles. The van der Waals surface area contributed by atoms with Crippen molar-refractivity contribution >= 4 is 6.09 Å². The van der Waals surface area contributed by atoms with Gasteiger partial charge in [0.25, 0.3) is 0 Å². The number of hydrogen-bond donors (Lipinski definition) is 0. The number of ether oxygens (including phenoxy) is 1. The van der Waals surface area contributed by atoms with Gasteiger partial charge in [0.1, 0.15) is 5.60 Å². The Kier molecular flexibility index (Phi) is 3.81. The van der Waals surface area contributed by atoms with Gasteiger partial charge in [0.2, 0.25) is 0 Å². The molecule has 1 aromatic rings. The van der Waals surface area contributed by atoms with Crippen molar-refractivity contribution in [1.29, 1.82) is 5.26 Å². The number of rotatable bonds is 2. The summed E-state index contributed by atoms with van der Waals surface area (Å²) in [5, 5.41) is 9.72. The molecule has 0 unspecified atom stereocenters.